The van der Waals surface area contributed by atoms with E-state index in [1.165, 1.54) is 0 Å². The molecule has 0 bridgehead atoms. The van der Waals surface area contributed by atoms with Gasteiger partial charge in [-0.05, 0) is 41.5 Å². The van der Waals surface area contributed by atoms with E-state index in [-0.39, 0.29) is 0 Å². The zero-order valence-corrected chi connectivity index (χ0v) is 15.3. The zero-order chi connectivity index (χ0) is 18.4. The summed E-state index contributed by atoms with van der Waals surface area (Å²) in [5.74, 6) is 0.728. The minimum atomic E-state index is 0.360. The van der Waals surface area contributed by atoms with Gasteiger partial charge in [0.05, 0.1) is 11.6 Å². The predicted molar refractivity (Wildman–Crippen MR) is 107 cm³/mol. The Morgan fingerprint density at radius 3 is 2.35 bits per heavy atom. The van der Waals surface area contributed by atoms with Crippen molar-refractivity contribution in [3.05, 3.63) is 99.5 Å². The van der Waals surface area contributed by atoms with Gasteiger partial charge >= 0.3 is 0 Å². The number of rotatable bonds is 5. The van der Waals surface area contributed by atoms with Crippen molar-refractivity contribution in [3.8, 4) is 11.8 Å². The van der Waals surface area contributed by atoms with Gasteiger partial charge in [-0.25, -0.2) is 0 Å². The van der Waals surface area contributed by atoms with Gasteiger partial charge in [-0.3, -0.25) is 0 Å². The van der Waals surface area contributed by atoms with Gasteiger partial charge in [0, 0.05) is 15.6 Å². The second-order valence-electron chi connectivity index (χ2n) is 5.63. The molecule has 0 aliphatic heterocycles. The summed E-state index contributed by atoms with van der Waals surface area (Å²) >= 11 is 12.0. The molecule has 0 saturated heterocycles. The molecule has 3 aromatic carbocycles. The SMILES string of the molecule is N#C/C(=C/c1ccc(OCc2ccc(Cl)cc2Cl)cc1)c1ccccc1. The van der Waals surface area contributed by atoms with Gasteiger partial charge in [0.25, 0.3) is 0 Å². The highest BCUT2D eigenvalue weighted by Gasteiger charge is 2.04. The third-order valence-corrected chi connectivity index (χ3v) is 4.39. The second-order valence-corrected chi connectivity index (χ2v) is 6.47. The van der Waals surface area contributed by atoms with E-state index in [1.54, 1.807) is 12.1 Å². The molecule has 0 saturated carbocycles. The predicted octanol–water partition coefficient (Wildman–Crippen LogP) is 6.64. The Morgan fingerprint density at radius 2 is 1.69 bits per heavy atom. The van der Waals surface area contributed by atoms with Crippen molar-refractivity contribution in [2.24, 2.45) is 0 Å². The van der Waals surface area contributed by atoms with Crippen LogP contribution in [0.3, 0.4) is 0 Å². The molecule has 0 heterocycles. The average molecular weight is 380 g/mol. The lowest BCUT2D eigenvalue weighted by molar-refractivity contribution is 0.306. The van der Waals surface area contributed by atoms with Gasteiger partial charge in [0.2, 0.25) is 0 Å². The van der Waals surface area contributed by atoms with Crippen LogP contribution in [0, 0.1) is 11.3 Å². The molecular formula is C22H15Cl2NO. The van der Waals surface area contributed by atoms with E-state index in [4.69, 9.17) is 27.9 Å². The van der Waals surface area contributed by atoms with Gasteiger partial charge in [-0.2, -0.15) is 5.26 Å². The van der Waals surface area contributed by atoms with E-state index < -0.39 is 0 Å². The van der Waals surface area contributed by atoms with Crippen LogP contribution < -0.4 is 4.74 Å². The molecule has 26 heavy (non-hydrogen) atoms. The third kappa shape index (κ3) is 4.67. The summed E-state index contributed by atoms with van der Waals surface area (Å²) < 4.78 is 5.77. The first kappa shape index (κ1) is 18.1. The molecule has 0 amide bonds. The van der Waals surface area contributed by atoms with Crippen LogP contribution in [0.1, 0.15) is 16.7 Å². The first-order valence-electron chi connectivity index (χ1n) is 8.00. The monoisotopic (exact) mass is 379 g/mol. The Balaban J connectivity index is 1.70. The third-order valence-electron chi connectivity index (χ3n) is 3.81. The van der Waals surface area contributed by atoms with E-state index in [0.29, 0.717) is 22.2 Å². The molecule has 0 fully saturated rings. The van der Waals surface area contributed by atoms with Crippen molar-refractivity contribution in [2.75, 3.05) is 0 Å². The Labute approximate surface area is 162 Å². The molecule has 0 aliphatic rings. The summed E-state index contributed by atoms with van der Waals surface area (Å²) in [7, 11) is 0. The molecule has 0 aromatic heterocycles. The smallest absolute Gasteiger partial charge is 0.119 e. The molecule has 0 spiro atoms. The van der Waals surface area contributed by atoms with Gasteiger partial charge in [0.15, 0.2) is 0 Å². The number of allylic oxidation sites excluding steroid dienone is 1. The standard InChI is InChI=1S/C22H15Cl2NO/c23-20-9-8-18(22(24)13-20)15-26-21-10-6-16(7-11-21)12-19(14-25)17-4-2-1-3-5-17/h1-13H,15H2/b19-12-. The van der Waals surface area contributed by atoms with Crippen LogP contribution in [0.4, 0.5) is 0 Å². The quantitative estimate of drug-likeness (QED) is 0.367. The Kier molecular flexibility index (Phi) is 5.96. The van der Waals surface area contributed by atoms with Crippen molar-refractivity contribution in [2.45, 2.75) is 6.61 Å². The largest absolute Gasteiger partial charge is 0.489 e. The summed E-state index contributed by atoms with van der Waals surface area (Å²) in [5, 5.41) is 10.6. The maximum Gasteiger partial charge on any atom is 0.119 e. The molecule has 2 nitrogen and oxygen atoms in total. The highest BCUT2D eigenvalue weighted by atomic mass is 35.5. The van der Waals surface area contributed by atoms with Crippen LogP contribution in [-0.4, -0.2) is 0 Å². The first-order valence-corrected chi connectivity index (χ1v) is 8.75. The number of benzene rings is 3. The highest BCUT2D eigenvalue weighted by Crippen LogP contribution is 2.24. The zero-order valence-electron chi connectivity index (χ0n) is 13.8. The van der Waals surface area contributed by atoms with Crippen LogP contribution in [-0.2, 0) is 6.61 Å². The van der Waals surface area contributed by atoms with Crippen molar-refractivity contribution >= 4 is 34.9 Å². The molecule has 0 radical (unpaired) electrons. The highest BCUT2D eigenvalue weighted by molar-refractivity contribution is 6.35. The number of nitriles is 1. The molecule has 4 heteroatoms. The Hall–Kier alpha value is -2.73. The van der Waals surface area contributed by atoms with E-state index >= 15 is 0 Å². The topological polar surface area (TPSA) is 33.0 Å². The molecule has 0 N–H and O–H groups in total. The van der Waals surface area contributed by atoms with Gasteiger partial charge in [-0.1, -0.05) is 71.7 Å². The lowest BCUT2D eigenvalue weighted by Gasteiger charge is -2.08. The number of halogens is 2. The normalized spacial score (nSPS) is 11.0. The molecule has 0 aliphatic carbocycles. The molecular weight excluding hydrogens is 365 g/mol. The van der Waals surface area contributed by atoms with Gasteiger partial charge < -0.3 is 4.74 Å². The summed E-state index contributed by atoms with van der Waals surface area (Å²) in [4.78, 5) is 0. The summed E-state index contributed by atoms with van der Waals surface area (Å²) in [6.45, 7) is 0.360. The van der Waals surface area contributed by atoms with Crippen LogP contribution in [0.15, 0.2) is 72.8 Å². The van der Waals surface area contributed by atoms with Crippen LogP contribution in [0.25, 0.3) is 11.6 Å². The van der Waals surface area contributed by atoms with Gasteiger partial charge in [0.1, 0.15) is 12.4 Å². The van der Waals surface area contributed by atoms with Crippen LogP contribution >= 0.6 is 23.2 Å². The fourth-order valence-corrected chi connectivity index (χ4v) is 2.89. The van der Waals surface area contributed by atoms with Crippen molar-refractivity contribution < 1.29 is 4.74 Å². The molecule has 0 unspecified atom stereocenters. The molecule has 128 valence electrons. The first-order chi connectivity index (χ1) is 12.7. The summed E-state index contributed by atoms with van der Waals surface area (Å²) in [5.41, 5.74) is 3.32. The summed E-state index contributed by atoms with van der Waals surface area (Å²) in [6, 6.07) is 24.7. The fraction of sp³-hybridized carbons (Fsp3) is 0.0455. The van der Waals surface area contributed by atoms with Crippen LogP contribution in [0.5, 0.6) is 5.75 Å². The minimum absolute atomic E-state index is 0.360. The fourth-order valence-electron chi connectivity index (χ4n) is 2.42. The lowest BCUT2D eigenvalue weighted by atomic mass is 10.0. The minimum Gasteiger partial charge on any atom is -0.489 e. The number of ether oxygens (including phenoxy) is 1. The van der Waals surface area contributed by atoms with Crippen molar-refractivity contribution in [3.63, 3.8) is 0 Å². The average Bonchev–Trinajstić information content (AvgIpc) is 2.67. The number of nitrogens with zero attached hydrogens (tertiary/aromatic N) is 1. The van der Waals surface area contributed by atoms with E-state index in [9.17, 15) is 5.26 Å². The molecule has 0 atom stereocenters. The lowest BCUT2D eigenvalue weighted by Crippen LogP contribution is -1.96. The van der Waals surface area contributed by atoms with Gasteiger partial charge in [-0.15, -0.1) is 0 Å². The number of hydrogen-bond donors (Lipinski definition) is 0. The van der Waals surface area contributed by atoms with E-state index in [0.717, 1.165) is 22.4 Å². The maximum absolute atomic E-state index is 9.39. The Morgan fingerprint density at radius 1 is 0.962 bits per heavy atom. The molecule has 3 aromatic rings. The summed E-state index contributed by atoms with van der Waals surface area (Å²) in [6.07, 6.45) is 1.86. The molecule has 3 rings (SSSR count). The maximum atomic E-state index is 9.39. The second kappa shape index (κ2) is 8.58. The van der Waals surface area contributed by atoms with Crippen molar-refractivity contribution in [1.82, 2.24) is 0 Å². The van der Waals surface area contributed by atoms with Crippen LogP contribution in [0.2, 0.25) is 10.0 Å². The van der Waals surface area contributed by atoms with E-state index in [1.807, 2.05) is 66.7 Å². The number of hydrogen-bond acceptors (Lipinski definition) is 2. The Bertz CT molecular complexity index is 958. The van der Waals surface area contributed by atoms with Crippen molar-refractivity contribution in [1.29, 1.82) is 5.26 Å². The van der Waals surface area contributed by atoms with E-state index in [2.05, 4.69) is 6.07 Å².